The molecule has 10 heteroatoms. The van der Waals surface area contributed by atoms with Gasteiger partial charge in [0.05, 0.1) is 6.61 Å². The maximum Gasteiger partial charge on any atom is 0.431 e. The summed E-state index contributed by atoms with van der Waals surface area (Å²) < 4.78 is 43.9. The van der Waals surface area contributed by atoms with Crippen LogP contribution in [0.1, 0.15) is 23.0 Å². The quantitative estimate of drug-likeness (QED) is 0.770. The van der Waals surface area contributed by atoms with Crippen molar-refractivity contribution in [2.45, 2.75) is 25.7 Å². The maximum atomic E-state index is 13.0. The number of primary amides is 1. The Morgan fingerprint density at radius 2 is 2.00 bits per heavy atom. The molecule has 1 atom stereocenters. The summed E-state index contributed by atoms with van der Waals surface area (Å²) in [5.41, 5.74) is 1.69. The fraction of sp³-hybridized carbons (Fsp3) is 0.462. The van der Waals surface area contributed by atoms with Gasteiger partial charge in [-0.15, -0.1) is 0 Å². The number of hydrogen-bond acceptors (Lipinski definition) is 4. The lowest BCUT2D eigenvalue weighted by molar-refractivity contribution is -0.144. The van der Waals surface area contributed by atoms with Crippen LogP contribution in [0.3, 0.4) is 0 Å². The van der Waals surface area contributed by atoms with Crippen LogP contribution in [-0.2, 0) is 22.3 Å². The average molecular weight is 335 g/mol. The summed E-state index contributed by atoms with van der Waals surface area (Å²) in [5.74, 6) is -2.01. The van der Waals surface area contributed by atoms with Crippen LogP contribution in [0.15, 0.2) is 16.9 Å². The number of amides is 2. The van der Waals surface area contributed by atoms with E-state index < -0.39 is 47.4 Å². The molecule has 1 aromatic heterocycles. The van der Waals surface area contributed by atoms with E-state index >= 15 is 0 Å². The first kappa shape index (κ1) is 18.7. The van der Waals surface area contributed by atoms with Gasteiger partial charge in [0, 0.05) is 13.2 Å². The SMILES string of the molecule is COCC(C)NC(=O)Cn1c(C(F)(F)F)ccc(C(N)=O)c1=O. The first-order chi connectivity index (χ1) is 10.6. The molecule has 0 fully saturated rings. The average Bonchev–Trinajstić information content (AvgIpc) is 2.39. The molecule has 23 heavy (non-hydrogen) atoms. The third-order valence-corrected chi connectivity index (χ3v) is 2.86. The Balaban J connectivity index is 3.21. The van der Waals surface area contributed by atoms with E-state index in [4.69, 9.17) is 10.5 Å². The number of nitrogens with one attached hydrogen (secondary N) is 1. The predicted octanol–water partition coefficient (Wildman–Crippen LogP) is 0.117. The van der Waals surface area contributed by atoms with Gasteiger partial charge in [-0.1, -0.05) is 0 Å². The Morgan fingerprint density at radius 1 is 1.39 bits per heavy atom. The number of nitrogens with zero attached hydrogens (tertiary/aromatic N) is 1. The van der Waals surface area contributed by atoms with Crippen molar-refractivity contribution in [3.8, 4) is 0 Å². The van der Waals surface area contributed by atoms with Crippen molar-refractivity contribution in [3.63, 3.8) is 0 Å². The smallest absolute Gasteiger partial charge is 0.383 e. The number of halogens is 3. The van der Waals surface area contributed by atoms with Gasteiger partial charge < -0.3 is 15.8 Å². The molecule has 0 bridgehead atoms. The lowest BCUT2D eigenvalue weighted by Crippen LogP contribution is -2.42. The number of carbonyl (C=O) groups excluding carboxylic acids is 2. The van der Waals surface area contributed by atoms with Crippen LogP contribution >= 0.6 is 0 Å². The second-order valence-corrected chi connectivity index (χ2v) is 4.81. The summed E-state index contributed by atoms with van der Waals surface area (Å²) in [6.07, 6.45) is -4.87. The van der Waals surface area contributed by atoms with Gasteiger partial charge in [-0.2, -0.15) is 13.2 Å². The minimum absolute atomic E-state index is 0.147. The first-order valence-electron chi connectivity index (χ1n) is 6.47. The van der Waals surface area contributed by atoms with Gasteiger partial charge in [0.2, 0.25) is 5.91 Å². The van der Waals surface area contributed by atoms with E-state index in [-0.39, 0.29) is 11.2 Å². The zero-order chi connectivity index (χ0) is 17.8. The Labute approximate surface area is 129 Å². The van der Waals surface area contributed by atoms with Gasteiger partial charge in [-0.25, -0.2) is 0 Å². The Morgan fingerprint density at radius 3 is 2.48 bits per heavy atom. The molecule has 0 aliphatic rings. The van der Waals surface area contributed by atoms with E-state index in [1.165, 1.54) is 7.11 Å². The molecule has 0 aromatic carbocycles. The molecule has 0 saturated carbocycles. The number of pyridine rings is 1. The van der Waals surface area contributed by atoms with Crippen LogP contribution in [0, 0.1) is 0 Å². The summed E-state index contributed by atoms with van der Waals surface area (Å²) in [6.45, 7) is 0.825. The number of aromatic nitrogens is 1. The molecule has 1 unspecified atom stereocenters. The summed E-state index contributed by atoms with van der Waals surface area (Å²) >= 11 is 0. The van der Waals surface area contributed by atoms with Crippen LogP contribution in [0.25, 0.3) is 0 Å². The van der Waals surface area contributed by atoms with Crippen LogP contribution in [0.2, 0.25) is 0 Å². The van der Waals surface area contributed by atoms with Crippen LogP contribution < -0.4 is 16.6 Å². The fourth-order valence-corrected chi connectivity index (χ4v) is 1.93. The predicted molar refractivity (Wildman–Crippen MR) is 73.7 cm³/mol. The van der Waals surface area contributed by atoms with Gasteiger partial charge in [-0.05, 0) is 19.1 Å². The highest BCUT2D eigenvalue weighted by Crippen LogP contribution is 2.28. The molecular formula is C13H16F3N3O4. The summed E-state index contributed by atoms with van der Waals surface area (Å²) in [5, 5.41) is 2.38. The van der Waals surface area contributed by atoms with E-state index in [0.29, 0.717) is 12.1 Å². The van der Waals surface area contributed by atoms with Crippen molar-refractivity contribution < 1.29 is 27.5 Å². The molecule has 0 aliphatic carbocycles. The van der Waals surface area contributed by atoms with Crippen molar-refractivity contribution in [2.24, 2.45) is 5.73 Å². The van der Waals surface area contributed by atoms with E-state index in [1.54, 1.807) is 6.92 Å². The Kier molecular flexibility index (Phi) is 5.91. The Bertz CT molecular complexity index is 655. The summed E-state index contributed by atoms with van der Waals surface area (Å²) in [6, 6.07) is 0.764. The molecule has 2 amide bonds. The molecular weight excluding hydrogens is 319 g/mol. The molecule has 3 N–H and O–H groups in total. The summed E-state index contributed by atoms with van der Waals surface area (Å²) in [4.78, 5) is 34.9. The molecule has 1 aromatic rings. The Hall–Kier alpha value is -2.36. The molecule has 1 rings (SSSR count). The van der Waals surface area contributed by atoms with Crippen LogP contribution in [0.5, 0.6) is 0 Å². The first-order valence-corrected chi connectivity index (χ1v) is 6.47. The highest BCUT2D eigenvalue weighted by Gasteiger charge is 2.35. The van der Waals surface area contributed by atoms with Crippen molar-refractivity contribution >= 4 is 11.8 Å². The number of methoxy groups -OCH3 is 1. The third kappa shape index (κ3) is 4.81. The lowest BCUT2D eigenvalue weighted by atomic mass is 10.2. The van der Waals surface area contributed by atoms with E-state index in [2.05, 4.69) is 5.32 Å². The monoisotopic (exact) mass is 335 g/mol. The van der Waals surface area contributed by atoms with E-state index in [1.807, 2.05) is 0 Å². The normalized spacial score (nSPS) is 12.7. The van der Waals surface area contributed by atoms with Gasteiger partial charge in [0.15, 0.2) is 0 Å². The molecule has 128 valence electrons. The number of alkyl halides is 3. The van der Waals surface area contributed by atoms with Crippen molar-refractivity contribution in [3.05, 3.63) is 33.7 Å². The van der Waals surface area contributed by atoms with Crippen LogP contribution in [0.4, 0.5) is 13.2 Å². The standard InChI is InChI=1S/C13H16F3N3O4/c1-7(6-23-2)18-10(20)5-19-9(13(14,15)16)4-3-8(11(17)21)12(19)22/h3-4,7H,5-6H2,1-2H3,(H2,17,21)(H,18,20). The van der Waals surface area contributed by atoms with Gasteiger partial charge in [0.25, 0.3) is 11.5 Å². The second-order valence-electron chi connectivity index (χ2n) is 4.81. The van der Waals surface area contributed by atoms with Gasteiger partial charge in [0.1, 0.15) is 17.8 Å². The zero-order valence-corrected chi connectivity index (χ0v) is 12.4. The second kappa shape index (κ2) is 7.27. The number of hydrogen-bond donors (Lipinski definition) is 2. The van der Waals surface area contributed by atoms with E-state index in [9.17, 15) is 27.6 Å². The number of rotatable bonds is 6. The topological polar surface area (TPSA) is 103 Å². The minimum Gasteiger partial charge on any atom is -0.383 e. The number of ether oxygens (including phenoxy) is 1. The van der Waals surface area contributed by atoms with Crippen molar-refractivity contribution in [1.82, 2.24) is 9.88 Å². The number of nitrogens with two attached hydrogens (primary N) is 1. The van der Waals surface area contributed by atoms with Gasteiger partial charge >= 0.3 is 6.18 Å². The highest BCUT2D eigenvalue weighted by atomic mass is 19.4. The van der Waals surface area contributed by atoms with E-state index in [0.717, 1.165) is 0 Å². The fourth-order valence-electron chi connectivity index (χ4n) is 1.93. The highest BCUT2D eigenvalue weighted by molar-refractivity contribution is 5.92. The molecule has 7 nitrogen and oxygen atoms in total. The van der Waals surface area contributed by atoms with Crippen molar-refractivity contribution in [1.29, 1.82) is 0 Å². The molecule has 0 saturated heterocycles. The molecule has 1 heterocycles. The zero-order valence-electron chi connectivity index (χ0n) is 12.4. The number of carbonyl (C=O) groups is 2. The minimum atomic E-state index is -4.87. The van der Waals surface area contributed by atoms with Gasteiger partial charge in [-0.3, -0.25) is 19.0 Å². The van der Waals surface area contributed by atoms with Crippen LogP contribution in [-0.4, -0.2) is 36.1 Å². The summed E-state index contributed by atoms with van der Waals surface area (Å²) in [7, 11) is 1.39. The maximum absolute atomic E-state index is 13.0. The molecule has 0 radical (unpaired) electrons. The largest absolute Gasteiger partial charge is 0.431 e. The molecule has 0 aliphatic heterocycles. The lowest BCUT2D eigenvalue weighted by Gasteiger charge is -2.17. The molecule has 0 spiro atoms. The van der Waals surface area contributed by atoms with Crippen molar-refractivity contribution in [2.75, 3.05) is 13.7 Å². The third-order valence-electron chi connectivity index (χ3n) is 2.86.